The van der Waals surface area contributed by atoms with Crippen LogP contribution in [-0.2, 0) is 17.8 Å². The Bertz CT molecular complexity index is 1460. The van der Waals surface area contributed by atoms with Gasteiger partial charge in [-0.2, -0.15) is 0 Å². The molecule has 6 rings (SSSR count). The third-order valence-corrected chi connectivity index (χ3v) is 7.82. The van der Waals surface area contributed by atoms with Crippen LogP contribution in [-0.4, -0.2) is 29.8 Å². The topological polar surface area (TPSA) is 40.6 Å². The van der Waals surface area contributed by atoms with E-state index in [1.165, 1.54) is 16.7 Å². The van der Waals surface area contributed by atoms with Gasteiger partial charge >= 0.3 is 0 Å². The van der Waals surface area contributed by atoms with Gasteiger partial charge in [-0.15, -0.1) is 0 Å². The second kappa shape index (κ2) is 10.3. The van der Waals surface area contributed by atoms with E-state index in [2.05, 4.69) is 55.5 Å². The van der Waals surface area contributed by atoms with Gasteiger partial charge in [-0.1, -0.05) is 85.8 Å². The highest BCUT2D eigenvalue weighted by Gasteiger charge is 2.35. The molecule has 190 valence electrons. The van der Waals surface area contributed by atoms with Crippen molar-refractivity contribution in [1.82, 2.24) is 4.90 Å². The minimum atomic E-state index is -0.236. The number of anilines is 1. The maximum Gasteiger partial charge on any atom is 0.258 e. The summed E-state index contributed by atoms with van der Waals surface area (Å²) in [5, 5.41) is 0. The molecule has 38 heavy (non-hydrogen) atoms. The lowest BCUT2D eigenvalue weighted by Crippen LogP contribution is -2.36. The molecule has 0 N–H and O–H groups in total. The van der Waals surface area contributed by atoms with Crippen molar-refractivity contribution in [2.75, 3.05) is 18.0 Å². The van der Waals surface area contributed by atoms with E-state index in [0.29, 0.717) is 13.1 Å². The van der Waals surface area contributed by atoms with Crippen molar-refractivity contribution < 1.29 is 9.59 Å². The van der Waals surface area contributed by atoms with Crippen LogP contribution in [0.2, 0.25) is 0 Å². The van der Waals surface area contributed by atoms with Gasteiger partial charge in [-0.05, 0) is 70.8 Å². The first kappa shape index (κ1) is 24.2. The summed E-state index contributed by atoms with van der Waals surface area (Å²) in [5.74, 6) is 0.0214. The number of hydrogen-bond donors (Lipinski definition) is 0. The maximum atomic E-state index is 14.0. The molecule has 4 heteroatoms. The Kier molecular flexibility index (Phi) is 6.55. The van der Waals surface area contributed by atoms with E-state index >= 15 is 0 Å². The molecule has 0 radical (unpaired) electrons. The smallest absolute Gasteiger partial charge is 0.258 e. The van der Waals surface area contributed by atoms with Gasteiger partial charge < -0.3 is 9.80 Å². The zero-order valence-corrected chi connectivity index (χ0v) is 21.8. The molecule has 4 nitrogen and oxygen atoms in total. The fourth-order valence-corrected chi connectivity index (χ4v) is 6.02. The highest BCUT2D eigenvalue weighted by Crippen LogP contribution is 2.45. The molecule has 0 bridgehead atoms. The highest BCUT2D eigenvalue weighted by molar-refractivity contribution is 6.10. The first-order valence-electron chi connectivity index (χ1n) is 13.6. The van der Waals surface area contributed by atoms with E-state index in [1.807, 2.05) is 58.3 Å². The zero-order chi connectivity index (χ0) is 26.1. The predicted molar refractivity (Wildman–Crippen MR) is 152 cm³/mol. The van der Waals surface area contributed by atoms with Crippen molar-refractivity contribution in [2.24, 2.45) is 0 Å². The first-order chi connectivity index (χ1) is 18.7. The Morgan fingerprint density at radius 1 is 0.816 bits per heavy atom. The van der Waals surface area contributed by atoms with Crippen LogP contribution < -0.4 is 4.90 Å². The summed E-state index contributed by atoms with van der Waals surface area (Å²) in [6.45, 7) is 4.21. The minimum absolute atomic E-state index is 0.0644. The Labute approximate surface area is 224 Å². The summed E-state index contributed by atoms with van der Waals surface area (Å²) >= 11 is 0. The summed E-state index contributed by atoms with van der Waals surface area (Å²) in [6, 6.07) is 32.7. The number of benzene rings is 4. The van der Waals surface area contributed by atoms with Gasteiger partial charge in [0.1, 0.15) is 0 Å². The maximum absolute atomic E-state index is 14.0. The molecule has 1 aliphatic carbocycles. The molecule has 0 atom stereocenters. The summed E-state index contributed by atoms with van der Waals surface area (Å²) in [6.07, 6.45) is 2.66. The lowest BCUT2D eigenvalue weighted by atomic mass is 9.95. The van der Waals surface area contributed by atoms with E-state index in [4.69, 9.17) is 0 Å². The number of aryl methyl sites for hydroxylation is 1. The normalized spacial score (nSPS) is 13.8. The minimum Gasteiger partial charge on any atom is -0.342 e. The molecular weight excluding hydrogens is 468 g/mol. The molecule has 0 aromatic heterocycles. The van der Waals surface area contributed by atoms with E-state index in [-0.39, 0.29) is 17.7 Å². The number of hydrogen-bond acceptors (Lipinski definition) is 2. The van der Waals surface area contributed by atoms with E-state index in [1.54, 1.807) is 0 Å². The standard InChI is InChI=1S/C34H32N2O2/c1-2-20-35(34(38)32-30-18-7-5-16-28(30)29-17-6-8-19-31(29)32)21-10-12-24-11-9-14-26(22-24)36-23-25-13-3-4-15-27(25)33(36)37/h3-9,11,13-19,22,32H,2,10,12,20-21,23H2,1H3. The van der Waals surface area contributed by atoms with E-state index in [9.17, 15) is 9.59 Å². The summed E-state index contributed by atoms with van der Waals surface area (Å²) in [4.78, 5) is 30.8. The van der Waals surface area contributed by atoms with Gasteiger partial charge in [-0.3, -0.25) is 9.59 Å². The second-order valence-electron chi connectivity index (χ2n) is 10.3. The average Bonchev–Trinajstić information content (AvgIpc) is 3.47. The molecule has 0 saturated carbocycles. The molecule has 0 spiro atoms. The fraction of sp³-hybridized carbons (Fsp3) is 0.235. The van der Waals surface area contributed by atoms with Crippen LogP contribution in [0.4, 0.5) is 5.69 Å². The predicted octanol–water partition coefficient (Wildman–Crippen LogP) is 6.83. The molecule has 0 unspecified atom stereocenters. The Hall–Kier alpha value is -4.18. The molecule has 0 fully saturated rings. The van der Waals surface area contributed by atoms with E-state index in [0.717, 1.165) is 53.7 Å². The molecule has 4 aromatic carbocycles. The van der Waals surface area contributed by atoms with Gasteiger partial charge in [-0.25, -0.2) is 0 Å². The number of fused-ring (bicyclic) bond motifs is 4. The van der Waals surface area contributed by atoms with Crippen molar-refractivity contribution in [3.05, 3.63) is 125 Å². The van der Waals surface area contributed by atoms with Crippen LogP contribution in [0.3, 0.4) is 0 Å². The number of carbonyl (C=O) groups is 2. The van der Waals surface area contributed by atoms with Gasteiger partial charge in [0.15, 0.2) is 0 Å². The van der Waals surface area contributed by atoms with Gasteiger partial charge in [0.2, 0.25) is 5.91 Å². The van der Waals surface area contributed by atoms with Gasteiger partial charge in [0, 0.05) is 24.3 Å². The highest BCUT2D eigenvalue weighted by atomic mass is 16.2. The number of amides is 2. The van der Waals surface area contributed by atoms with E-state index < -0.39 is 0 Å². The lowest BCUT2D eigenvalue weighted by Gasteiger charge is -2.26. The van der Waals surface area contributed by atoms with Crippen LogP contribution in [0.5, 0.6) is 0 Å². The second-order valence-corrected chi connectivity index (χ2v) is 10.3. The van der Waals surface area contributed by atoms with Crippen molar-refractivity contribution in [2.45, 2.75) is 38.6 Å². The van der Waals surface area contributed by atoms with Crippen LogP contribution in [0.25, 0.3) is 11.1 Å². The molecule has 0 saturated heterocycles. The van der Waals surface area contributed by atoms with Crippen molar-refractivity contribution >= 4 is 17.5 Å². The quantitative estimate of drug-likeness (QED) is 0.266. The van der Waals surface area contributed by atoms with Crippen molar-refractivity contribution in [3.63, 3.8) is 0 Å². The fourth-order valence-electron chi connectivity index (χ4n) is 6.02. The Morgan fingerprint density at radius 3 is 2.16 bits per heavy atom. The largest absolute Gasteiger partial charge is 0.342 e. The molecule has 1 aliphatic heterocycles. The van der Waals surface area contributed by atoms with Gasteiger partial charge in [0.25, 0.3) is 5.91 Å². The molecule has 1 heterocycles. The first-order valence-corrected chi connectivity index (χ1v) is 13.6. The van der Waals surface area contributed by atoms with Gasteiger partial charge in [0.05, 0.1) is 12.5 Å². The monoisotopic (exact) mass is 500 g/mol. The Morgan fingerprint density at radius 2 is 1.47 bits per heavy atom. The summed E-state index contributed by atoms with van der Waals surface area (Å²) in [5.41, 5.74) is 8.57. The van der Waals surface area contributed by atoms with Crippen molar-refractivity contribution in [1.29, 1.82) is 0 Å². The van der Waals surface area contributed by atoms with Crippen LogP contribution in [0.15, 0.2) is 97.1 Å². The molecule has 4 aromatic rings. The summed E-state index contributed by atoms with van der Waals surface area (Å²) < 4.78 is 0. The van der Waals surface area contributed by atoms with Crippen LogP contribution in [0, 0.1) is 0 Å². The van der Waals surface area contributed by atoms with Crippen LogP contribution >= 0.6 is 0 Å². The molecule has 2 aliphatic rings. The zero-order valence-electron chi connectivity index (χ0n) is 21.8. The molecular formula is C34H32N2O2. The third kappa shape index (κ3) is 4.30. The number of carbonyl (C=O) groups excluding carboxylic acids is 2. The SMILES string of the molecule is CCCN(CCCc1cccc(N2Cc3ccccc3C2=O)c1)C(=O)C1c2ccccc2-c2ccccc21. The summed E-state index contributed by atoms with van der Waals surface area (Å²) in [7, 11) is 0. The third-order valence-electron chi connectivity index (χ3n) is 7.82. The average molecular weight is 501 g/mol. The van der Waals surface area contributed by atoms with Crippen LogP contribution in [0.1, 0.15) is 58.3 Å². The lowest BCUT2D eigenvalue weighted by molar-refractivity contribution is -0.131. The van der Waals surface area contributed by atoms with Crippen molar-refractivity contribution in [3.8, 4) is 11.1 Å². The molecule has 2 amide bonds. The number of nitrogens with zero attached hydrogens (tertiary/aromatic N) is 2. The Balaban J connectivity index is 1.15. The number of rotatable bonds is 8.